The van der Waals surface area contributed by atoms with Crippen molar-refractivity contribution >= 4 is 27.9 Å². The van der Waals surface area contributed by atoms with Gasteiger partial charge < -0.3 is 24.6 Å². The lowest BCUT2D eigenvalue weighted by atomic mass is 10.1. The number of ether oxygens (including phenoxy) is 2. The van der Waals surface area contributed by atoms with E-state index >= 15 is 0 Å². The number of amides is 1. The number of hydrogen-bond donors (Lipinski definition) is 2. The van der Waals surface area contributed by atoms with E-state index in [0.29, 0.717) is 49.7 Å². The van der Waals surface area contributed by atoms with E-state index in [1.807, 2.05) is 6.92 Å². The van der Waals surface area contributed by atoms with Crippen LogP contribution in [0.2, 0.25) is 0 Å². The minimum atomic E-state index is -3.21. The van der Waals surface area contributed by atoms with Gasteiger partial charge in [0.2, 0.25) is 10.0 Å². The smallest absolute Gasteiger partial charge is 0.414 e. The first-order valence-corrected chi connectivity index (χ1v) is 10.6. The number of methoxy groups -OCH3 is 2. The molecule has 1 fully saturated rings. The molecule has 2 N–H and O–H groups in total. The number of hydrogen-bond acceptors (Lipinski definition) is 7. The molecule has 1 aromatic carbocycles. The zero-order valence-corrected chi connectivity index (χ0v) is 17.8. The standard InChI is InChI=1S/C16H24N2O5S.C2H2O4/c1-4-9-24(20,21)18-7-5-17(6-8-18)16(19)13-10-14(22-2)12-15(11-13)23-3;3-1(4)2(5)6/h10-12H,4-9H2,1-3H3;(H,3,4)(H,5,6). The van der Waals surface area contributed by atoms with Crippen LogP contribution < -0.4 is 9.47 Å². The van der Waals surface area contributed by atoms with Crippen LogP contribution in [-0.2, 0) is 19.6 Å². The van der Waals surface area contributed by atoms with Gasteiger partial charge in [-0.25, -0.2) is 18.0 Å². The van der Waals surface area contributed by atoms with Crippen molar-refractivity contribution in [2.75, 3.05) is 46.2 Å². The molecule has 0 radical (unpaired) electrons. The Morgan fingerprint density at radius 1 is 0.933 bits per heavy atom. The van der Waals surface area contributed by atoms with Crippen LogP contribution in [0.1, 0.15) is 23.7 Å². The van der Waals surface area contributed by atoms with Gasteiger partial charge >= 0.3 is 11.9 Å². The Morgan fingerprint density at radius 2 is 1.40 bits per heavy atom. The molecule has 0 bridgehead atoms. The predicted molar refractivity (Wildman–Crippen MR) is 106 cm³/mol. The molecule has 1 amide bonds. The summed E-state index contributed by atoms with van der Waals surface area (Å²) < 4.78 is 36.0. The van der Waals surface area contributed by atoms with Crippen LogP contribution >= 0.6 is 0 Å². The van der Waals surface area contributed by atoms with E-state index in [0.717, 1.165) is 0 Å². The maximum atomic E-state index is 12.7. The van der Waals surface area contributed by atoms with Crippen molar-refractivity contribution in [1.82, 2.24) is 9.21 Å². The molecule has 0 aliphatic carbocycles. The third-order valence-electron chi connectivity index (χ3n) is 4.16. The van der Waals surface area contributed by atoms with Crippen molar-refractivity contribution in [2.24, 2.45) is 0 Å². The molecular weight excluding hydrogens is 420 g/mol. The first kappa shape index (κ1) is 25.2. The van der Waals surface area contributed by atoms with E-state index in [1.54, 1.807) is 23.1 Å². The van der Waals surface area contributed by atoms with E-state index < -0.39 is 22.0 Å². The number of aliphatic carboxylic acids is 2. The Hall–Kier alpha value is -2.86. The molecule has 0 atom stereocenters. The van der Waals surface area contributed by atoms with E-state index in [1.165, 1.54) is 18.5 Å². The number of sulfonamides is 1. The Labute approximate surface area is 174 Å². The first-order valence-electron chi connectivity index (χ1n) is 9.02. The maximum Gasteiger partial charge on any atom is 0.414 e. The monoisotopic (exact) mass is 446 g/mol. The van der Waals surface area contributed by atoms with Crippen molar-refractivity contribution < 1.29 is 42.5 Å². The Morgan fingerprint density at radius 3 is 1.77 bits per heavy atom. The second-order valence-corrected chi connectivity index (χ2v) is 8.31. The Bertz CT molecular complexity index is 828. The van der Waals surface area contributed by atoms with Gasteiger partial charge in [0.1, 0.15) is 11.5 Å². The van der Waals surface area contributed by atoms with Crippen LogP contribution in [0, 0.1) is 0 Å². The van der Waals surface area contributed by atoms with Crippen molar-refractivity contribution in [2.45, 2.75) is 13.3 Å². The number of carboxylic acid groups (broad SMARTS) is 2. The van der Waals surface area contributed by atoms with Gasteiger partial charge in [-0.1, -0.05) is 6.92 Å². The van der Waals surface area contributed by atoms with Gasteiger partial charge in [0.25, 0.3) is 5.91 Å². The number of benzene rings is 1. The van der Waals surface area contributed by atoms with Gasteiger partial charge in [-0.05, 0) is 18.6 Å². The summed E-state index contributed by atoms with van der Waals surface area (Å²) >= 11 is 0. The molecule has 168 valence electrons. The summed E-state index contributed by atoms with van der Waals surface area (Å²) in [6, 6.07) is 5.02. The van der Waals surface area contributed by atoms with Crippen molar-refractivity contribution in [3.8, 4) is 11.5 Å². The summed E-state index contributed by atoms with van der Waals surface area (Å²) in [7, 11) is -0.157. The molecule has 0 unspecified atom stereocenters. The highest BCUT2D eigenvalue weighted by molar-refractivity contribution is 7.89. The molecule has 30 heavy (non-hydrogen) atoms. The fourth-order valence-electron chi connectivity index (χ4n) is 2.67. The van der Waals surface area contributed by atoms with E-state index in [9.17, 15) is 13.2 Å². The van der Waals surface area contributed by atoms with Crippen molar-refractivity contribution in [1.29, 1.82) is 0 Å². The van der Waals surface area contributed by atoms with Gasteiger partial charge in [-0.3, -0.25) is 4.79 Å². The van der Waals surface area contributed by atoms with Crippen LogP contribution in [-0.4, -0.2) is 91.8 Å². The van der Waals surface area contributed by atoms with Gasteiger partial charge in [-0.2, -0.15) is 4.31 Å². The van der Waals surface area contributed by atoms with Crippen LogP contribution in [0.3, 0.4) is 0 Å². The number of carboxylic acids is 2. The van der Waals surface area contributed by atoms with Crippen LogP contribution in [0.15, 0.2) is 18.2 Å². The van der Waals surface area contributed by atoms with Crippen LogP contribution in [0.5, 0.6) is 11.5 Å². The predicted octanol–water partition coefficient (Wildman–Crippen LogP) is 0.357. The number of rotatable bonds is 6. The Kier molecular flexibility index (Phi) is 9.53. The lowest BCUT2D eigenvalue weighted by molar-refractivity contribution is -0.159. The van der Waals surface area contributed by atoms with E-state index in [2.05, 4.69) is 0 Å². The van der Waals surface area contributed by atoms with Crippen molar-refractivity contribution in [3.63, 3.8) is 0 Å². The van der Waals surface area contributed by atoms with E-state index in [4.69, 9.17) is 29.3 Å². The number of carbonyl (C=O) groups is 3. The summed E-state index contributed by atoms with van der Waals surface area (Å²) in [5.41, 5.74) is 0.469. The average molecular weight is 446 g/mol. The molecule has 12 heteroatoms. The summed E-state index contributed by atoms with van der Waals surface area (Å²) in [6.45, 7) is 3.25. The minimum absolute atomic E-state index is 0.147. The van der Waals surface area contributed by atoms with Gasteiger partial charge in [0.05, 0.1) is 20.0 Å². The second-order valence-electron chi connectivity index (χ2n) is 6.22. The van der Waals surface area contributed by atoms with Crippen molar-refractivity contribution in [3.05, 3.63) is 23.8 Å². The average Bonchev–Trinajstić information content (AvgIpc) is 2.73. The second kappa shape index (κ2) is 11.4. The highest BCUT2D eigenvalue weighted by Gasteiger charge is 2.28. The zero-order chi connectivity index (χ0) is 22.9. The quantitative estimate of drug-likeness (QED) is 0.590. The summed E-state index contributed by atoms with van der Waals surface area (Å²) in [5, 5.41) is 14.8. The topological polar surface area (TPSA) is 151 Å². The van der Waals surface area contributed by atoms with Crippen LogP contribution in [0.25, 0.3) is 0 Å². The first-order chi connectivity index (χ1) is 14.0. The number of nitrogens with zero attached hydrogens (tertiary/aromatic N) is 2. The van der Waals surface area contributed by atoms with E-state index in [-0.39, 0.29) is 11.7 Å². The molecule has 0 aromatic heterocycles. The molecule has 0 spiro atoms. The molecule has 1 aliphatic rings. The summed E-state index contributed by atoms with van der Waals surface area (Å²) in [6.07, 6.45) is 0.588. The molecule has 11 nitrogen and oxygen atoms in total. The van der Waals surface area contributed by atoms with Gasteiger partial charge in [0.15, 0.2) is 0 Å². The molecule has 2 rings (SSSR count). The molecule has 1 heterocycles. The highest BCUT2D eigenvalue weighted by atomic mass is 32.2. The third kappa shape index (κ3) is 7.19. The molecule has 1 aliphatic heterocycles. The fraction of sp³-hybridized carbons (Fsp3) is 0.500. The summed E-state index contributed by atoms with van der Waals surface area (Å²) in [5.74, 6) is -2.57. The molecule has 1 aromatic rings. The maximum absolute atomic E-state index is 12.7. The number of carbonyl (C=O) groups excluding carboxylic acids is 1. The number of piperazine rings is 1. The van der Waals surface area contributed by atoms with Gasteiger partial charge in [0, 0.05) is 37.8 Å². The highest BCUT2D eigenvalue weighted by Crippen LogP contribution is 2.24. The van der Waals surface area contributed by atoms with Crippen LogP contribution in [0.4, 0.5) is 0 Å². The lowest BCUT2D eigenvalue weighted by Gasteiger charge is -2.34. The molecule has 1 saturated heterocycles. The Balaban J connectivity index is 0.000000656. The van der Waals surface area contributed by atoms with Gasteiger partial charge in [-0.15, -0.1) is 0 Å². The summed E-state index contributed by atoms with van der Waals surface area (Å²) in [4.78, 5) is 32.5. The molecular formula is C18H26N2O9S. The lowest BCUT2D eigenvalue weighted by Crippen LogP contribution is -2.51. The minimum Gasteiger partial charge on any atom is -0.497 e. The normalized spacial score (nSPS) is 14.3. The zero-order valence-electron chi connectivity index (χ0n) is 17.0. The SMILES string of the molecule is CCCS(=O)(=O)N1CCN(C(=O)c2cc(OC)cc(OC)c2)CC1.O=C(O)C(=O)O. The fourth-order valence-corrected chi connectivity index (χ4v) is 4.16. The largest absolute Gasteiger partial charge is 0.497 e. The third-order valence-corrected chi connectivity index (χ3v) is 6.24. The molecule has 0 saturated carbocycles.